The number of ether oxygens (including phenoxy) is 5. The third kappa shape index (κ3) is 17.2. The minimum atomic E-state index is -0.267. The molecule has 7 nitrogen and oxygen atoms in total. The first-order valence-corrected chi connectivity index (χ1v) is 7.19. The summed E-state index contributed by atoms with van der Waals surface area (Å²) in [5.41, 5.74) is 0. The highest BCUT2D eigenvalue weighted by atomic mass is 16.6. The molecular formula is C14H29NO6. The van der Waals surface area contributed by atoms with Crippen molar-refractivity contribution in [2.75, 3.05) is 80.6 Å². The molecule has 0 unspecified atom stereocenters. The molecule has 0 saturated heterocycles. The van der Waals surface area contributed by atoms with Gasteiger partial charge in [0.2, 0.25) is 0 Å². The molecule has 0 heterocycles. The predicted molar refractivity (Wildman–Crippen MR) is 78.5 cm³/mol. The van der Waals surface area contributed by atoms with Gasteiger partial charge in [0.25, 0.3) is 0 Å². The maximum atomic E-state index is 10.8. The van der Waals surface area contributed by atoms with Gasteiger partial charge in [-0.25, -0.2) is 0 Å². The summed E-state index contributed by atoms with van der Waals surface area (Å²) >= 11 is 0. The van der Waals surface area contributed by atoms with Crippen molar-refractivity contribution < 1.29 is 28.5 Å². The van der Waals surface area contributed by atoms with Gasteiger partial charge >= 0.3 is 5.97 Å². The van der Waals surface area contributed by atoms with Crippen molar-refractivity contribution in [1.29, 1.82) is 0 Å². The van der Waals surface area contributed by atoms with E-state index in [0.717, 1.165) is 13.2 Å². The van der Waals surface area contributed by atoms with Crippen LogP contribution < -0.4 is 0 Å². The summed E-state index contributed by atoms with van der Waals surface area (Å²) < 4.78 is 25.7. The van der Waals surface area contributed by atoms with Crippen molar-refractivity contribution in [2.24, 2.45) is 0 Å². The van der Waals surface area contributed by atoms with E-state index in [4.69, 9.17) is 18.9 Å². The second-order valence-corrected chi connectivity index (χ2v) is 4.58. The van der Waals surface area contributed by atoms with Gasteiger partial charge in [-0.1, -0.05) is 0 Å². The van der Waals surface area contributed by atoms with Crippen LogP contribution in [0.4, 0.5) is 0 Å². The summed E-state index contributed by atoms with van der Waals surface area (Å²) in [6.45, 7) is 5.19. The quantitative estimate of drug-likeness (QED) is 0.316. The summed E-state index contributed by atoms with van der Waals surface area (Å²) in [6.07, 6.45) is 0.271. The van der Waals surface area contributed by atoms with Crippen molar-refractivity contribution in [2.45, 2.75) is 6.42 Å². The summed E-state index contributed by atoms with van der Waals surface area (Å²) in [5.74, 6) is -0.267. The minimum Gasteiger partial charge on any atom is -0.469 e. The third-order valence-corrected chi connectivity index (χ3v) is 2.48. The minimum absolute atomic E-state index is 0.267. The molecular weight excluding hydrogens is 278 g/mol. The first-order chi connectivity index (χ1) is 10.2. The molecule has 0 aromatic rings. The Morgan fingerprint density at radius 2 is 1.19 bits per heavy atom. The van der Waals surface area contributed by atoms with E-state index in [2.05, 4.69) is 9.64 Å². The van der Waals surface area contributed by atoms with Gasteiger partial charge in [-0.15, -0.1) is 0 Å². The van der Waals surface area contributed by atoms with Crippen LogP contribution in [-0.4, -0.2) is 91.5 Å². The molecule has 0 spiro atoms. The molecule has 0 aromatic carbocycles. The highest BCUT2D eigenvalue weighted by Gasteiger charge is 1.99. The summed E-state index contributed by atoms with van der Waals surface area (Å²) in [7, 11) is 5.38. The van der Waals surface area contributed by atoms with Crippen LogP contribution in [0.25, 0.3) is 0 Å². The summed E-state index contributed by atoms with van der Waals surface area (Å²) in [6, 6.07) is 0. The van der Waals surface area contributed by atoms with Crippen molar-refractivity contribution in [3.8, 4) is 0 Å². The Balaban J connectivity index is 3.01. The number of rotatable bonds is 15. The van der Waals surface area contributed by atoms with E-state index in [0.29, 0.717) is 46.2 Å². The molecule has 21 heavy (non-hydrogen) atoms. The Labute approximate surface area is 127 Å². The molecule has 0 aliphatic heterocycles. The SMILES string of the molecule is COC(=O)CCOCCOCCOCCOCCN(C)C. The molecule has 0 aromatic heterocycles. The zero-order chi connectivity index (χ0) is 15.8. The van der Waals surface area contributed by atoms with Gasteiger partial charge in [-0.3, -0.25) is 4.79 Å². The lowest BCUT2D eigenvalue weighted by Gasteiger charge is -2.10. The number of likely N-dealkylation sites (N-methyl/N-ethyl adjacent to an activating group) is 1. The molecule has 0 rings (SSSR count). The van der Waals surface area contributed by atoms with Gasteiger partial charge in [0.05, 0.1) is 66.4 Å². The molecule has 0 bridgehead atoms. The van der Waals surface area contributed by atoms with E-state index in [1.165, 1.54) is 7.11 Å². The smallest absolute Gasteiger partial charge is 0.307 e. The standard InChI is InChI=1S/C14H29NO6/c1-15(2)5-7-19-9-11-21-13-12-20-10-8-18-6-4-14(16)17-3/h4-13H2,1-3H3. The van der Waals surface area contributed by atoms with Crippen LogP contribution in [0.1, 0.15) is 6.42 Å². The van der Waals surface area contributed by atoms with Crippen LogP contribution in [0.3, 0.4) is 0 Å². The number of carbonyl (C=O) groups excluding carboxylic acids is 1. The first-order valence-electron chi connectivity index (χ1n) is 7.19. The lowest BCUT2D eigenvalue weighted by molar-refractivity contribution is -0.141. The zero-order valence-corrected chi connectivity index (χ0v) is 13.5. The van der Waals surface area contributed by atoms with E-state index >= 15 is 0 Å². The molecule has 0 saturated carbocycles. The number of hydrogen-bond donors (Lipinski definition) is 0. The van der Waals surface area contributed by atoms with Crippen molar-refractivity contribution in [3.05, 3.63) is 0 Å². The first kappa shape index (κ1) is 20.3. The van der Waals surface area contributed by atoms with Crippen LogP contribution in [0.15, 0.2) is 0 Å². The molecule has 0 radical (unpaired) electrons. The normalized spacial score (nSPS) is 11.0. The van der Waals surface area contributed by atoms with Gasteiger partial charge in [-0.05, 0) is 14.1 Å². The monoisotopic (exact) mass is 307 g/mol. The van der Waals surface area contributed by atoms with E-state index in [-0.39, 0.29) is 12.4 Å². The average molecular weight is 307 g/mol. The number of hydrogen-bond acceptors (Lipinski definition) is 7. The maximum absolute atomic E-state index is 10.8. The Morgan fingerprint density at radius 3 is 1.62 bits per heavy atom. The topological polar surface area (TPSA) is 66.5 Å². The van der Waals surface area contributed by atoms with Crippen LogP contribution in [0.2, 0.25) is 0 Å². The van der Waals surface area contributed by atoms with Crippen LogP contribution in [0.5, 0.6) is 0 Å². The second-order valence-electron chi connectivity index (χ2n) is 4.58. The van der Waals surface area contributed by atoms with Gasteiger partial charge in [0, 0.05) is 6.54 Å². The molecule has 0 aliphatic rings. The van der Waals surface area contributed by atoms with Crippen molar-refractivity contribution in [3.63, 3.8) is 0 Å². The molecule has 0 atom stereocenters. The van der Waals surface area contributed by atoms with E-state index in [1.807, 2.05) is 14.1 Å². The van der Waals surface area contributed by atoms with Crippen molar-refractivity contribution >= 4 is 5.97 Å². The predicted octanol–water partition coefficient (Wildman–Crippen LogP) is 0.178. The van der Waals surface area contributed by atoms with Gasteiger partial charge in [-0.2, -0.15) is 0 Å². The van der Waals surface area contributed by atoms with Crippen LogP contribution in [-0.2, 0) is 28.5 Å². The molecule has 0 aliphatic carbocycles. The van der Waals surface area contributed by atoms with E-state index in [9.17, 15) is 4.79 Å². The maximum Gasteiger partial charge on any atom is 0.307 e. The van der Waals surface area contributed by atoms with Gasteiger partial charge < -0.3 is 28.6 Å². The molecule has 126 valence electrons. The zero-order valence-electron chi connectivity index (χ0n) is 13.5. The lowest BCUT2D eigenvalue weighted by atomic mass is 10.5. The second kappa shape index (κ2) is 15.7. The fourth-order valence-electron chi connectivity index (χ4n) is 1.27. The number of esters is 1. The Hall–Kier alpha value is -0.730. The number of nitrogens with zero attached hydrogens (tertiary/aromatic N) is 1. The third-order valence-electron chi connectivity index (χ3n) is 2.48. The fourth-order valence-corrected chi connectivity index (χ4v) is 1.27. The van der Waals surface area contributed by atoms with Gasteiger partial charge in [0.1, 0.15) is 0 Å². The summed E-state index contributed by atoms with van der Waals surface area (Å²) in [4.78, 5) is 12.9. The highest BCUT2D eigenvalue weighted by Crippen LogP contribution is 1.87. The summed E-state index contributed by atoms with van der Waals surface area (Å²) in [5, 5.41) is 0. The average Bonchev–Trinajstić information content (AvgIpc) is 2.46. The number of carbonyl (C=O) groups is 1. The Morgan fingerprint density at radius 1 is 0.762 bits per heavy atom. The molecule has 0 N–H and O–H groups in total. The number of methoxy groups -OCH3 is 1. The highest BCUT2D eigenvalue weighted by molar-refractivity contribution is 5.69. The molecule has 7 heteroatoms. The van der Waals surface area contributed by atoms with Crippen LogP contribution in [0, 0.1) is 0 Å². The Kier molecular flexibility index (Phi) is 15.1. The Bertz CT molecular complexity index is 238. The van der Waals surface area contributed by atoms with E-state index < -0.39 is 0 Å². The van der Waals surface area contributed by atoms with Crippen molar-refractivity contribution in [1.82, 2.24) is 4.90 Å². The van der Waals surface area contributed by atoms with Gasteiger partial charge in [0.15, 0.2) is 0 Å². The molecule has 0 amide bonds. The lowest BCUT2D eigenvalue weighted by Crippen LogP contribution is -2.19. The van der Waals surface area contributed by atoms with E-state index in [1.54, 1.807) is 0 Å². The fraction of sp³-hybridized carbons (Fsp3) is 0.929. The largest absolute Gasteiger partial charge is 0.469 e. The van der Waals surface area contributed by atoms with Crippen LogP contribution >= 0.6 is 0 Å². The molecule has 0 fully saturated rings.